The van der Waals surface area contributed by atoms with Crippen LogP contribution in [0.25, 0.3) is 12.2 Å². The van der Waals surface area contributed by atoms with E-state index in [0.29, 0.717) is 0 Å². The van der Waals surface area contributed by atoms with E-state index >= 15 is 0 Å². The fourth-order valence-electron chi connectivity index (χ4n) is 3.23. The average Bonchev–Trinajstić information content (AvgIpc) is 3.38. The van der Waals surface area contributed by atoms with E-state index in [-0.39, 0.29) is 23.2 Å². The van der Waals surface area contributed by atoms with E-state index in [9.17, 15) is 9.59 Å². The first-order valence-electron chi connectivity index (χ1n) is 9.92. The number of rotatable bonds is 4. The van der Waals surface area contributed by atoms with Gasteiger partial charge in [0.05, 0.1) is 0 Å². The zero-order valence-corrected chi connectivity index (χ0v) is 16.8. The summed E-state index contributed by atoms with van der Waals surface area (Å²) in [7, 11) is 0. The van der Waals surface area contributed by atoms with E-state index in [1.165, 1.54) is 0 Å². The summed E-state index contributed by atoms with van der Waals surface area (Å²) in [6.07, 6.45) is 3.31. The number of carbonyl (C=O) groups is 2. The molecule has 154 valence electrons. The van der Waals surface area contributed by atoms with Gasteiger partial charge in [0.2, 0.25) is 11.8 Å². The number of cyclic esters (lactones) is 2. The molecule has 0 radical (unpaired) electrons. The molecular weight excluding hydrogens is 404 g/mol. The van der Waals surface area contributed by atoms with Gasteiger partial charge in [-0.2, -0.15) is 0 Å². The first-order valence-corrected chi connectivity index (χ1v) is 9.92. The molecule has 2 heterocycles. The van der Waals surface area contributed by atoms with Crippen LogP contribution in [-0.2, 0) is 19.1 Å². The zero-order chi connectivity index (χ0) is 21.9. The molecule has 0 fully saturated rings. The van der Waals surface area contributed by atoms with Gasteiger partial charge in [0.15, 0.2) is 11.4 Å². The molecule has 0 bridgehead atoms. The molecule has 0 saturated carbocycles. The summed E-state index contributed by atoms with van der Waals surface area (Å²) in [6, 6.07) is 25.8. The molecule has 0 aliphatic carbocycles. The fraction of sp³-hybridized carbons (Fsp3) is 0. The lowest BCUT2D eigenvalue weighted by Crippen LogP contribution is -2.05. The van der Waals surface area contributed by atoms with E-state index in [4.69, 9.17) is 9.47 Å². The van der Waals surface area contributed by atoms with Crippen molar-refractivity contribution in [1.29, 1.82) is 0 Å². The second-order valence-electron chi connectivity index (χ2n) is 7.07. The number of benzene rings is 3. The van der Waals surface area contributed by atoms with Crippen LogP contribution in [0.4, 0.5) is 0 Å². The van der Waals surface area contributed by atoms with Gasteiger partial charge in [0, 0.05) is 11.1 Å². The summed E-state index contributed by atoms with van der Waals surface area (Å²) in [6.45, 7) is 0. The minimum atomic E-state index is -0.494. The Morgan fingerprint density at radius 2 is 0.906 bits per heavy atom. The van der Waals surface area contributed by atoms with Crippen molar-refractivity contribution in [2.45, 2.75) is 0 Å². The van der Waals surface area contributed by atoms with Gasteiger partial charge in [-0.25, -0.2) is 19.6 Å². The van der Waals surface area contributed by atoms with Crippen molar-refractivity contribution < 1.29 is 19.1 Å². The van der Waals surface area contributed by atoms with Crippen LogP contribution in [0.2, 0.25) is 0 Å². The molecule has 6 nitrogen and oxygen atoms in total. The lowest BCUT2D eigenvalue weighted by molar-refractivity contribution is -0.130. The van der Waals surface area contributed by atoms with Crippen LogP contribution in [0.3, 0.4) is 0 Å². The maximum absolute atomic E-state index is 12.2. The van der Waals surface area contributed by atoms with Gasteiger partial charge in [0.25, 0.3) is 0 Å². The normalized spacial score (nSPS) is 17.9. The summed E-state index contributed by atoms with van der Waals surface area (Å²) in [5.74, 6) is -0.414. The number of hydrogen-bond acceptors (Lipinski definition) is 6. The Kier molecular flexibility index (Phi) is 5.01. The van der Waals surface area contributed by atoms with Gasteiger partial charge < -0.3 is 9.47 Å². The monoisotopic (exact) mass is 420 g/mol. The molecule has 0 amide bonds. The minimum absolute atomic E-state index is 0.228. The smallest absolute Gasteiger partial charge is 0.363 e. The Labute approximate surface area is 183 Å². The predicted molar refractivity (Wildman–Crippen MR) is 121 cm³/mol. The lowest BCUT2D eigenvalue weighted by atomic mass is 10.1. The Morgan fingerprint density at radius 3 is 1.28 bits per heavy atom. The van der Waals surface area contributed by atoms with Gasteiger partial charge in [-0.05, 0) is 47.5 Å². The van der Waals surface area contributed by atoms with Crippen molar-refractivity contribution in [3.05, 3.63) is 119 Å². The molecule has 32 heavy (non-hydrogen) atoms. The largest absolute Gasteiger partial charge is 0.402 e. The molecule has 5 rings (SSSR count). The van der Waals surface area contributed by atoms with Gasteiger partial charge in [-0.15, -0.1) is 0 Å². The van der Waals surface area contributed by atoms with Crippen LogP contribution in [0.5, 0.6) is 0 Å². The average molecular weight is 420 g/mol. The zero-order valence-electron chi connectivity index (χ0n) is 16.8. The molecule has 0 unspecified atom stereocenters. The van der Waals surface area contributed by atoms with Crippen molar-refractivity contribution in [2.75, 3.05) is 0 Å². The maximum Gasteiger partial charge on any atom is 0.363 e. The molecule has 3 aromatic rings. The molecule has 0 spiro atoms. The maximum atomic E-state index is 12.2. The van der Waals surface area contributed by atoms with Gasteiger partial charge in [-0.3, -0.25) is 0 Å². The predicted octanol–water partition coefficient (Wildman–Crippen LogP) is 4.38. The van der Waals surface area contributed by atoms with Crippen LogP contribution >= 0.6 is 0 Å². The Hall–Kier alpha value is -4.58. The number of esters is 2. The van der Waals surface area contributed by atoms with Crippen LogP contribution < -0.4 is 0 Å². The van der Waals surface area contributed by atoms with Crippen LogP contribution in [0.1, 0.15) is 22.3 Å². The standard InChI is InChI=1S/C26H16N2O4/c29-25-21(27-23(31-25)19-7-3-1-4-8-19)15-17-11-13-18(14-12-17)16-22-26(30)32-24(28-22)20-9-5-2-6-10-20/h1-16H/b21-15+,22-16+. The third kappa shape index (κ3) is 4.02. The highest BCUT2D eigenvalue weighted by atomic mass is 16.6. The number of aliphatic imine (C=N–C) groups is 2. The van der Waals surface area contributed by atoms with E-state index < -0.39 is 11.9 Å². The molecule has 2 aliphatic rings. The second-order valence-corrected chi connectivity index (χ2v) is 7.07. The SMILES string of the molecule is O=C1OC(c2ccccc2)=N/C1=C/c1ccc(/C=C2/N=C(c3ccccc3)OC2=O)cc1. The number of carbonyl (C=O) groups excluding carboxylic acids is 2. The third-order valence-electron chi connectivity index (χ3n) is 4.83. The van der Waals surface area contributed by atoms with E-state index in [2.05, 4.69) is 9.98 Å². The summed E-state index contributed by atoms with van der Waals surface area (Å²) in [5.41, 5.74) is 3.49. The first kappa shape index (κ1) is 19.4. The first-order chi connectivity index (χ1) is 15.7. The minimum Gasteiger partial charge on any atom is -0.402 e. The van der Waals surface area contributed by atoms with Crippen LogP contribution in [0.15, 0.2) is 106 Å². The number of hydrogen-bond donors (Lipinski definition) is 0. The molecule has 6 heteroatoms. The highest BCUT2D eigenvalue weighted by Crippen LogP contribution is 2.21. The molecule has 0 saturated heterocycles. The van der Waals surface area contributed by atoms with Crippen molar-refractivity contribution in [3.8, 4) is 0 Å². The third-order valence-corrected chi connectivity index (χ3v) is 4.83. The van der Waals surface area contributed by atoms with Gasteiger partial charge >= 0.3 is 11.9 Å². The molecule has 0 atom stereocenters. The van der Waals surface area contributed by atoms with Crippen molar-refractivity contribution in [1.82, 2.24) is 0 Å². The number of ether oxygens (including phenoxy) is 2. The lowest BCUT2D eigenvalue weighted by Gasteiger charge is -1.98. The summed E-state index contributed by atoms with van der Waals surface area (Å²) >= 11 is 0. The van der Waals surface area contributed by atoms with Crippen molar-refractivity contribution >= 4 is 35.9 Å². The quantitative estimate of drug-likeness (QED) is 0.464. The fourth-order valence-corrected chi connectivity index (χ4v) is 3.23. The Balaban J connectivity index is 1.36. The molecule has 2 aliphatic heterocycles. The molecule has 3 aromatic carbocycles. The van der Waals surface area contributed by atoms with Crippen molar-refractivity contribution in [3.63, 3.8) is 0 Å². The Morgan fingerprint density at radius 1 is 0.531 bits per heavy atom. The van der Waals surface area contributed by atoms with Crippen LogP contribution in [-0.4, -0.2) is 23.7 Å². The van der Waals surface area contributed by atoms with Crippen LogP contribution in [0, 0.1) is 0 Å². The van der Waals surface area contributed by atoms with Crippen molar-refractivity contribution in [2.24, 2.45) is 9.98 Å². The highest BCUT2D eigenvalue weighted by molar-refractivity contribution is 6.13. The summed E-state index contributed by atoms with van der Waals surface area (Å²) in [5, 5.41) is 0. The molecular formula is C26H16N2O4. The Bertz CT molecular complexity index is 1210. The highest BCUT2D eigenvalue weighted by Gasteiger charge is 2.25. The summed E-state index contributed by atoms with van der Waals surface area (Å²) < 4.78 is 10.5. The van der Waals surface area contributed by atoms with E-state index in [1.54, 1.807) is 12.2 Å². The van der Waals surface area contributed by atoms with Gasteiger partial charge in [0.1, 0.15) is 0 Å². The topological polar surface area (TPSA) is 77.3 Å². The molecule has 0 N–H and O–H groups in total. The molecule has 0 aromatic heterocycles. The van der Waals surface area contributed by atoms with E-state index in [1.807, 2.05) is 84.9 Å². The van der Waals surface area contributed by atoms with Gasteiger partial charge in [-0.1, -0.05) is 60.7 Å². The van der Waals surface area contributed by atoms with E-state index in [0.717, 1.165) is 22.3 Å². The number of nitrogens with zero attached hydrogens (tertiary/aromatic N) is 2. The second kappa shape index (κ2) is 8.28. The summed E-state index contributed by atoms with van der Waals surface area (Å²) in [4.78, 5) is 32.9.